The molecule has 0 amide bonds. The van der Waals surface area contributed by atoms with Crippen LogP contribution in [0.4, 0.5) is 0 Å². The van der Waals surface area contributed by atoms with Crippen molar-refractivity contribution in [2.75, 3.05) is 47.8 Å². The molecule has 0 aromatic carbocycles. The van der Waals surface area contributed by atoms with Crippen LogP contribution in [0.3, 0.4) is 0 Å². The zero-order valence-corrected chi connectivity index (χ0v) is 15.9. The van der Waals surface area contributed by atoms with Crippen molar-refractivity contribution >= 4 is 8.80 Å². The molecular formula is C15H30O7Si. The van der Waals surface area contributed by atoms with Crippen LogP contribution < -0.4 is 0 Å². The van der Waals surface area contributed by atoms with Gasteiger partial charge in [-0.3, -0.25) is 0 Å². The summed E-state index contributed by atoms with van der Waals surface area (Å²) in [6.45, 7) is 6.37. The Morgan fingerprint density at radius 1 is 0.870 bits per heavy atom. The average molecular weight is 350 g/mol. The van der Waals surface area contributed by atoms with Crippen molar-refractivity contribution < 1.29 is 32.2 Å². The lowest BCUT2D eigenvalue weighted by Crippen LogP contribution is -2.57. The molecule has 2 saturated heterocycles. The van der Waals surface area contributed by atoms with Gasteiger partial charge in [-0.25, -0.2) is 0 Å². The Morgan fingerprint density at radius 2 is 1.35 bits per heavy atom. The maximum Gasteiger partial charge on any atom is 0.500 e. The molecule has 2 aliphatic heterocycles. The van der Waals surface area contributed by atoms with Crippen molar-refractivity contribution in [1.29, 1.82) is 0 Å². The SMILES string of the molecule is CCC1(CC)COC2(OCC(C[Si](OC)(OC)OC)CO2)OC1. The Hall–Kier alpha value is -0.0631. The number of hydrogen-bond acceptors (Lipinski definition) is 7. The van der Waals surface area contributed by atoms with Gasteiger partial charge in [-0.1, -0.05) is 13.8 Å². The molecule has 0 saturated carbocycles. The summed E-state index contributed by atoms with van der Waals surface area (Å²) in [6, 6.07) is 0.625. The van der Waals surface area contributed by atoms with Crippen molar-refractivity contribution in [2.24, 2.45) is 11.3 Å². The molecule has 0 bridgehead atoms. The first-order chi connectivity index (χ1) is 11.0. The minimum atomic E-state index is -2.64. The standard InChI is InChI=1S/C15H30O7Si/c1-6-14(7-2)11-21-15(22-12-14)19-8-13(9-20-15)10-23(16-3,17-4)18-5/h13H,6-12H2,1-5H3. The van der Waals surface area contributed by atoms with E-state index in [2.05, 4.69) is 13.8 Å². The van der Waals surface area contributed by atoms with E-state index >= 15 is 0 Å². The van der Waals surface area contributed by atoms with Crippen LogP contribution in [-0.4, -0.2) is 62.7 Å². The van der Waals surface area contributed by atoms with Crippen molar-refractivity contribution in [1.82, 2.24) is 0 Å². The minimum absolute atomic E-state index is 0.0546. The molecule has 0 aliphatic carbocycles. The van der Waals surface area contributed by atoms with Crippen molar-refractivity contribution in [2.45, 2.75) is 38.9 Å². The van der Waals surface area contributed by atoms with E-state index in [1.165, 1.54) is 0 Å². The van der Waals surface area contributed by atoms with Crippen LogP contribution in [0.25, 0.3) is 0 Å². The summed E-state index contributed by atoms with van der Waals surface area (Å²) in [5.41, 5.74) is 0.0546. The second-order valence-corrected chi connectivity index (χ2v) is 9.27. The molecule has 0 N–H and O–H groups in total. The summed E-state index contributed by atoms with van der Waals surface area (Å²) < 4.78 is 39.5. The Bertz CT molecular complexity index is 343. The molecule has 0 unspecified atom stereocenters. The van der Waals surface area contributed by atoms with Gasteiger partial charge in [0.05, 0.1) is 26.4 Å². The molecule has 23 heavy (non-hydrogen) atoms. The van der Waals surface area contributed by atoms with Crippen LogP contribution in [0.1, 0.15) is 26.7 Å². The summed E-state index contributed by atoms with van der Waals surface area (Å²) in [5, 5.41) is 0. The first kappa shape index (κ1) is 19.3. The highest BCUT2D eigenvalue weighted by molar-refractivity contribution is 6.60. The lowest BCUT2D eigenvalue weighted by atomic mass is 9.84. The van der Waals surface area contributed by atoms with Gasteiger partial charge in [-0.05, 0) is 12.8 Å². The van der Waals surface area contributed by atoms with E-state index in [-0.39, 0.29) is 11.3 Å². The molecule has 2 fully saturated rings. The van der Waals surface area contributed by atoms with Crippen molar-refractivity contribution in [3.05, 3.63) is 0 Å². The maximum atomic E-state index is 5.81. The van der Waals surface area contributed by atoms with E-state index in [1.54, 1.807) is 21.3 Å². The monoisotopic (exact) mass is 350 g/mol. The Labute approximate surface area is 139 Å². The van der Waals surface area contributed by atoms with Gasteiger partial charge in [0.1, 0.15) is 0 Å². The molecule has 0 atom stereocenters. The van der Waals surface area contributed by atoms with Gasteiger partial charge in [0.2, 0.25) is 0 Å². The topological polar surface area (TPSA) is 64.6 Å². The lowest BCUT2D eigenvalue weighted by molar-refractivity contribution is -0.541. The van der Waals surface area contributed by atoms with E-state index in [4.69, 9.17) is 32.2 Å². The Kier molecular flexibility index (Phi) is 6.60. The number of ether oxygens (including phenoxy) is 4. The molecule has 136 valence electrons. The fourth-order valence-corrected chi connectivity index (χ4v) is 4.84. The molecule has 0 aromatic rings. The lowest BCUT2D eigenvalue weighted by Gasteiger charge is -2.46. The van der Waals surface area contributed by atoms with Crippen LogP contribution in [0, 0.1) is 11.3 Å². The summed E-state index contributed by atoms with van der Waals surface area (Å²) in [7, 11) is 2.17. The van der Waals surface area contributed by atoms with Crippen LogP contribution in [0.15, 0.2) is 0 Å². The average Bonchev–Trinajstić information content (AvgIpc) is 2.63. The number of hydrogen-bond donors (Lipinski definition) is 0. The van der Waals surface area contributed by atoms with Gasteiger partial charge < -0.3 is 32.2 Å². The molecule has 2 rings (SSSR count). The fraction of sp³-hybridized carbons (Fsp3) is 1.00. The molecular weight excluding hydrogens is 320 g/mol. The van der Waals surface area contributed by atoms with Crippen LogP contribution >= 0.6 is 0 Å². The van der Waals surface area contributed by atoms with Gasteiger partial charge in [-0.15, -0.1) is 0 Å². The molecule has 7 nitrogen and oxygen atoms in total. The van der Waals surface area contributed by atoms with E-state index < -0.39 is 15.0 Å². The van der Waals surface area contributed by atoms with Gasteiger partial charge in [0.25, 0.3) is 0 Å². The third-order valence-electron chi connectivity index (χ3n) is 5.07. The van der Waals surface area contributed by atoms with Gasteiger partial charge in [-0.2, -0.15) is 0 Å². The highest BCUT2D eigenvalue weighted by atomic mass is 28.4. The molecule has 1 spiro atoms. The Balaban J connectivity index is 1.87. The third-order valence-corrected chi connectivity index (χ3v) is 8.02. The summed E-state index contributed by atoms with van der Waals surface area (Å²) in [4.78, 5) is 0. The second kappa shape index (κ2) is 7.88. The summed E-state index contributed by atoms with van der Waals surface area (Å²) in [6.07, 6.45) is 0.666. The number of rotatable bonds is 7. The van der Waals surface area contributed by atoms with Crippen molar-refractivity contribution in [3.63, 3.8) is 0 Å². The highest BCUT2D eigenvalue weighted by Gasteiger charge is 2.50. The predicted molar refractivity (Wildman–Crippen MR) is 84.6 cm³/mol. The first-order valence-electron chi connectivity index (χ1n) is 8.22. The quantitative estimate of drug-likeness (QED) is 0.651. The van der Waals surface area contributed by atoms with Crippen LogP contribution in [0.2, 0.25) is 6.04 Å². The summed E-state index contributed by atoms with van der Waals surface area (Å²) in [5.74, 6) is 0.114. The summed E-state index contributed by atoms with van der Waals surface area (Å²) >= 11 is 0. The second-order valence-electron chi connectivity index (χ2n) is 6.27. The molecule has 2 aliphatic rings. The van der Waals surface area contributed by atoms with E-state index in [9.17, 15) is 0 Å². The van der Waals surface area contributed by atoms with Gasteiger partial charge in [0.15, 0.2) is 0 Å². The smallest absolute Gasteiger partial charge is 0.377 e. The third kappa shape index (κ3) is 4.13. The van der Waals surface area contributed by atoms with Gasteiger partial charge >= 0.3 is 15.0 Å². The first-order valence-corrected chi connectivity index (χ1v) is 10.1. The Morgan fingerprint density at radius 3 is 1.74 bits per heavy atom. The fourth-order valence-electron chi connectivity index (χ4n) is 2.89. The van der Waals surface area contributed by atoms with Crippen LogP contribution in [0.5, 0.6) is 0 Å². The predicted octanol–water partition coefficient (Wildman–Crippen LogP) is 1.99. The molecule has 8 heteroatoms. The van der Waals surface area contributed by atoms with Gasteiger partial charge in [0, 0.05) is 38.7 Å². The molecule has 0 radical (unpaired) electrons. The normalized spacial score (nSPS) is 24.9. The zero-order valence-electron chi connectivity index (χ0n) is 14.9. The molecule has 2 heterocycles. The van der Waals surface area contributed by atoms with E-state index in [0.717, 1.165) is 12.8 Å². The van der Waals surface area contributed by atoms with E-state index in [0.29, 0.717) is 32.5 Å². The van der Waals surface area contributed by atoms with Crippen molar-refractivity contribution in [3.8, 4) is 0 Å². The minimum Gasteiger partial charge on any atom is -0.377 e. The molecule has 0 aromatic heterocycles. The van der Waals surface area contributed by atoms with Crippen LogP contribution in [-0.2, 0) is 32.2 Å². The highest BCUT2D eigenvalue weighted by Crippen LogP contribution is 2.39. The largest absolute Gasteiger partial charge is 0.500 e. The zero-order chi connectivity index (χ0) is 17.0. The maximum absolute atomic E-state index is 5.81. The van der Waals surface area contributed by atoms with E-state index in [1.807, 2.05) is 0 Å².